The Kier molecular flexibility index (Phi) is 4.57. The summed E-state index contributed by atoms with van der Waals surface area (Å²) < 4.78 is 20.4. The molecule has 4 heterocycles. The van der Waals surface area contributed by atoms with E-state index in [9.17, 15) is 4.39 Å². The molecule has 0 amide bonds. The first-order chi connectivity index (χ1) is 16.4. The van der Waals surface area contributed by atoms with Crippen LogP contribution in [0.4, 0.5) is 15.9 Å². The molecular weight excluding hydrogens is 435 g/mol. The van der Waals surface area contributed by atoms with Gasteiger partial charge >= 0.3 is 6.01 Å². The number of nitrogens with zero attached hydrogens (tertiary/aromatic N) is 5. The number of hydrogen-bond donors (Lipinski definition) is 3. The number of nitriles is 1. The average molecular weight is 459 g/mol. The van der Waals surface area contributed by atoms with Gasteiger partial charge in [0.05, 0.1) is 22.8 Å². The van der Waals surface area contributed by atoms with Crippen LogP contribution >= 0.6 is 0 Å². The number of H-pyrrole nitrogens is 1. The minimum atomic E-state index is -0.341. The molecule has 0 bridgehead atoms. The molecule has 2 fully saturated rings. The second-order valence-corrected chi connectivity index (χ2v) is 9.08. The molecule has 1 saturated carbocycles. The summed E-state index contributed by atoms with van der Waals surface area (Å²) >= 11 is 0. The second kappa shape index (κ2) is 7.53. The van der Waals surface area contributed by atoms with Crippen molar-refractivity contribution >= 4 is 33.4 Å². The maximum atomic E-state index is 14.5. The highest BCUT2D eigenvalue weighted by atomic mass is 19.1. The minimum Gasteiger partial charge on any atom is -0.423 e. The Hall–Kier alpha value is -3.97. The standard InChI is InChI=1S/C24H23FN8O/c1-11-3-14(8-29-19(11)7-26)34-24-31-22-20(15-5-13(25)6-18(28-2)21(15)30-22)23(32-24)33-9-12-4-17(27)16(12)10-33/h3,5-6,8,12,16-17,28H,4,9-10,27H2,1-2H3,(H,30,31,32). The van der Waals surface area contributed by atoms with E-state index in [0.717, 1.165) is 30.4 Å². The van der Waals surface area contributed by atoms with Crippen LogP contribution in [0.15, 0.2) is 24.4 Å². The first-order valence-corrected chi connectivity index (χ1v) is 11.2. The van der Waals surface area contributed by atoms with Crippen molar-refractivity contribution in [1.29, 1.82) is 5.26 Å². The van der Waals surface area contributed by atoms with Crippen molar-refractivity contribution in [3.05, 3.63) is 41.5 Å². The zero-order chi connectivity index (χ0) is 23.6. The summed E-state index contributed by atoms with van der Waals surface area (Å²) in [6.45, 7) is 3.42. The van der Waals surface area contributed by atoms with Crippen molar-refractivity contribution in [3.63, 3.8) is 0 Å². The maximum absolute atomic E-state index is 14.5. The Morgan fingerprint density at radius 3 is 2.85 bits per heavy atom. The number of benzene rings is 1. The van der Waals surface area contributed by atoms with Crippen LogP contribution < -0.4 is 20.7 Å². The fourth-order valence-corrected chi connectivity index (χ4v) is 5.26. The molecule has 0 spiro atoms. The van der Waals surface area contributed by atoms with E-state index in [0.29, 0.717) is 51.4 Å². The number of fused-ring (bicyclic) bond motifs is 4. The van der Waals surface area contributed by atoms with E-state index in [1.165, 1.54) is 18.3 Å². The van der Waals surface area contributed by atoms with Crippen molar-refractivity contribution in [2.45, 2.75) is 19.4 Å². The zero-order valence-corrected chi connectivity index (χ0v) is 18.8. The number of ether oxygens (including phenoxy) is 1. The molecule has 172 valence electrons. The number of aromatic nitrogens is 4. The highest BCUT2D eigenvalue weighted by Crippen LogP contribution is 2.44. The van der Waals surface area contributed by atoms with Crippen LogP contribution in [0, 0.1) is 35.9 Å². The third-order valence-electron chi connectivity index (χ3n) is 7.04. The van der Waals surface area contributed by atoms with E-state index in [2.05, 4.69) is 25.2 Å². The number of aryl methyl sites for hydroxylation is 1. The molecule has 1 aliphatic heterocycles. The number of aromatic amines is 1. The average Bonchev–Trinajstić information content (AvgIpc) is 3.35. The predicted octanol–water partition coefficient (Wildman–Crippen LogP) is 3.44. The maximum Gasteiger partial charge on any atom is 0.326 e. The van der Waals surface area contributed by atoms with E-state index in [1.54, 1.807) is 20.0 Å². The number of nitrogens with one attached hydrogen (secondary N) is 2. The van der Waals surface area contributed by atoms with Crippen molar-refractivity contribution in [2.24, 2.45) is 17.6 Å². The molecule has 3 aromatic heterocycles. The largest absolute Gasteiger partial charge is 0.423 e. The minimum absolute atomic E-state index is 0.148. The number of pyridine rings is 1. The zero-order valence-electron chi connectivity index (χ0n) is 18.8. The fraction of sp³-hybridized carbons (Fsp3) is 0.333. The Bertz CT molecular complexity index is 1490. The molecule has 3 atom stereocenters. The molecule has 4 aromatic rings. The lowest BCUT2D eigenvalue weighted by atomic mass is 9.72. The van der Waals surface area contributed by atoms with Crippen molar-refractivity contribution in [3.8, 4) is 17.8 Å². The van der Waals surface area contributed by atoms with Crippen molar-refractivity contribution in [1.82, 2.24) is 19.9 Å². The van der Waals surface area contributed by atoms with Gasteiger partial charge in [0.1, 0.15) is 34.8 Å². The van der Waals surface area contributed by atoms with Gasteiger partial charge in [0.25, 0.3) is 0 Å². The predicted molar refractivity (Wildman–Crippen MR) is 126 cm³/mol. The smallest absolute Gasteiger partial charge is 0.326 e. The monoisotopic (exact) mass is 458 g/mol. The lowest BCUT2D eigenvalue weighted by Gasteiger charge is -2.36. The number of hydrogen-bond acceptors (Lipinski definition) is 8. The van der Waals surface area contributed by atoms with Gasteiger partial charge in [0, 0.05) is 31.6 Å². The van der Waals surface area contributed by atoms with Gasteiger partial charge in [-0.15, -0.1) is 0 Å². The third-order valence-corrected chi connectivity index (χ3v) is 7.04. The Morgan fingerprint density at radius 1 is 1.29 bits per heavy atom. The second-order valence-electron chi connectivity index (χ2n) is 9.08. The van der Waals surface area contributed by atoms with Crippen LogP contribution in [0.3, 0.4) is 0 Å². The Balaban J connectivity index is 1.51. The molecule has 4 N–H and O–H groups in total. The van der Waals surface area contributed by atoms with E-state index < -0.39 is 0 Å². The Morgan fingerprint density at radius 2 is 2.15 bits per heavy atom. The van der Waals surface area contributed by atoms with Gasteiger partial charge in [-0.2, -0.15) is 15.2 Å². The molecule has 1 aliphatic carbocycles. The molecule has 9 nitrogen and oxygen atoms in total. The van der Waals surface area contributed by atoms with Gasteiger partial charge in [0.15, 0.2) is 0 Å². The first kappa shape index (κ1) is 20.6. The Labute approximate surface area is 194 Å². The topological polar surface area (TPSA) is 129 Å². The van der Waals surface area contributed by atoms with Gasteiger partial charge in [-0.1, -0.05) is 0 Å². The summed E-state index contributed by atoms with van der Waals surface area (Å²) in [4.78, 5) is 19.0. The van der Waals surface area contributed by atoms with Crippen molar-refractivity contribution < 1.29 is 9.13 Å². The summed E-state index contributed by atoms with van der Waals surface area (Å²) in [7, 11) is 1.75. The highest BCUT2D eigenvalue weighted by Gasteiger charge is 2.46. The normalized spacial score (nSPS) is 21.4. The van der Waals surface area contributed by atoms with Gasteiger partial charge in [0.2, 0.25) is 0 Å². The van der Waals surface area contributed by atoms with Crippen LogP contribution in [-0.2, 0) is 0 Å². The molecule has 10 heteroatoms. The quantitative estimate of drug-likeness (QED) is 0.424. The molecular formula is C24H23FN8O. The highest BCUT2D eigenvalue weighted by molar-refractivity contribution is 6.14. The first-order valence-electron chi connectivity index (χ1n) is 11.2. The molecule has 2 aliphatic rings. The number of anilines is 2. The summed E-state index contributed by atoms with van der Waals surface area (Å²) in [6.07, 6.45) is 2.48. The lowest BCUT2D eigenvalue weighted by Crippen LogP contribution is -2.46. The van der Waals surface area contributed by atoms with Gasteiger partial charge in [-0.3, -0.25) is 0 Å². The summed E-state index contributed by atoms with van der Waals surface area (Å²) in [5.41, 5.74) is 9.22. The van der Waals surface area contributed by atoms with E-state index in [4.69, 9.17) is 20.7 Å². The molecule has 34 heavy (non-hydrogen) atoms. The van der Waals surface area contributed by atoms with Crippen LogP contribution in [0.5, 0.6) is 11.8 Å². The third kappa shape index (κ3) is 3.12. The van der Waals surface area contributed by atoms with Crippen LogP contribution in [0.2, 0.25) is 0 Å². The van der Waals surface area contributed by atoms with Crippen LogP contribution in [0.25, 0.3) is 21.9 Å². The summed E-state index contributed by atoms with van der Waals surface area (Å²) in [5, 5.41) is 13.7. The SMILES string of the molecule is CNc1cc(F)cc2c1[nH]c1nc(Oc3cnc(C#N)c(C)c3)nc(N3CC4CC(N)C4C3)c12. The molecule has 6 rings (SSSR count). The molecule has 1 saturated heterocycles. The van der Waals surface area contributed by atoms with Crippen molar-refractivity contribution in [2.75, 3.05) is 30.4 Å². The lowest BCUT2D eigenvalue weighted by molar-refractivity contribution is 0.194. The summed E-state index contributed by atoms with van der Waals surface area (Å²) in [6, 6.07) is 7.08. The van der Waals surface area contributed by atoms with E-state index in [-0.39, 0.29) is 17.9 Å². The number of rotatable bonds is 4. The number of nitrogens with two attached hydrogens (primary N) is 1. The van der Waals surface area contributed by atoms with Crippen LogP contribution in [0.1, 0.15) is 17.7 Å². The van der Waals surface area contributed by atoms with Gasteiger partial charge < -0.3 is 25.7 Å². The van der Waals surface area contributed by atoms with E-state index in [1.807, 2.05) is 6.07 Å². The van der Waals surface area contributed by atoms with Gasteiger partial charge in [-0.05, 0) is 48.9 Å². The van der Waals surface area contributed by atoms with Crippen LogP contribution in [-0.4, -0.2) is 46.1 Å². The molecule has 1 aromatic carbocycles. The van der Waals surface area contributed by atoms with Gasteiger partial charge in [-0.25, -0.2) is 9.37 Å². The van der Waals surface area contributed by atoms with E-state index >= 15 is 0 Å². The number of halogens is 1. The molecule has 3 unspecified atom stereocenters. The fourth-order valence-electron chi connectivity index (χ4n) is 5.26. The molecule has 0 radical (unpaired) electrons. The summed E-state index contributed by atoms with van der Waals surface area (Å²) in [5.74, 6) is 1.74.